The van der Waals surface area contributed by atoms with Crippen LogP contribution in [0.4, 0.5) is 5.82 Å². The van der Waals surface area contributed by atoms with Crippen LogP contribution < -0.4 is 14.6 Å². The van der Waals surface area contributed by atoms with Gasteiger partial charge in [-0.3, -0.25) is 9.71 Å². The zero-order valence-electron chi connectivity index (χ0n) is 13.2. The summed E-state index contributed by atoms with van der Waals surface area (Å²) in [5.74, 6) is 0.637. The molecule has 2 aromatic rings. The van der Waals surface area contributed by atoms with Crippen LogP contribution in [0.2, 0.25) is 0 Å². The highest BCUT2D eigenvalue weighted by atomic mass is 32.2. The lowest BCUT2D eigenvalue weighted by Gasteiger charge is -2.09. The topological polar surface area (TPSA) is 154 Å². The normalized spacial score (nSPS) is 11.2. The molecule has 0 aliphatic heterocycles. The number of pyridine rings is 1. The number of aromatic nitrogens is 3. The van der Waals surface area contributed by atoms with Crippen LogP contribution in [0.3, 0.4) is 0 Å². The highest BCUT2D eigenvalue weighted by molar-refractivity contribution is 7.92. The molecule has 0 saturated heterocycles. The Kier molecular flexibility index (Phi) is 6.57. The number of nitrogens with one attached hydrogen (secondary N) is 1. The maximum Gasteiger partial charge on any atom is 0.231 e. The van der Waals surface area contributed by atoms with Gasteiger partial charge in [-0.25, -0.2) is 31.9 Å². The van der Waals surface area contributed by atoms with Crippen molar-refractivity contribution in [3.8, 4) is 17.3 Å². The van der Waals surface area contributed by atoms with Gasteiger partial charge in [0.25, 0.3) is 0 Å². The minimum Gasteiger partial charge on any atom is -0.491 e. The van der Waals surface area contributed by atoms with Crippen molar-refractivity contribution in [2.24, 2.45) is 5.14 Å². The Balaban J connectivity index is 0.000000505. The van der Waals surface area contributed by atoms with E-state index in [0.29, 0.717) is 11.5 Å². The fraction of sp³-hybridized carbons (Fsp3) is 0.250. The first-order valence-corrected chi connectivity index (χ1v) is 10.1. The third-order valence-electron chi connectivity index (χ3n) is 2.15. The minimum atomic E-state index is -3.45. The van der Waals surface area contributed by atoms with Gasteiger partial charge in [-0.1, -0.05) is 6.07 Å². The maximum atomic E-state index is 11.3. The van der Waals surface area contributed by atoms with Crippen molar-refractivity contribution in [1.29, 1.82) is 0 Å². The number of rotatable bonds is 4. The summed E-state index contributed by atoms with van der Waals surface area (Å²) >= 11 is 0. The Morgan fingerprint density at radius 3 is 2.21 bits per heavy atom. The van der Waals surface area contributed by atoms with E-state index in [1.807, 2.05) is 0 Å². The van der Waals surface area contributed by atoms with E-state index in [1.54, 1.807) is 24.4 Å². The number of sulfonamides is 2. The zero-order chi connectivity index (χ0) is 18.4. The van der Waals surface area contributed by atoms with Gasteiger partial charge in [0.15, 0.2) is 17.4 Å². The van der Waals surface area contributed by atoms with E-state index in [0.717, 1.165) is 12.5 Å². The standard InChI is InChI=1S/C11H12N4O3S.CH5NO2S/c1-18-9-7-13-10(8-5-3-4-6-12-8)14-11(9)15-19(2,16)17;1-5(2,3)4/h3-7H,1-2H3,(H,13,14,15);1H3,(H2,2,3,4). The molecular formula is C12H17N5O5S2. The van der Waals surface area contributed by atoms with E-state index >= 15 is 0 Å². The first kappa shape index (κ1) is 19.7. The van der Waals surface area contributed by atoms with E-state index in [4.69, 9.17) is 4.74 Å². The number of methoxy groups -OCH3 is 1. The van der Waals surface area contributed by atoms with Gasteiger partial charge in [-0.05, 0) is 12.1 Å². The molecule has 0 spiro atoms. The van der Waals surface area contributed by atoms with Gasteiger partial charge in [0, 0.05) is 6.20 Å². The molecule has 132 valence electrons. The molecule has 2 heterocycles. The smallest absolute Gasteiger partial charge is 0.231 e. The average molecular weight is 375 g/mol. The number of anilines is 1. The Labute approximate surface area is 140 Å². The van der Waals surface area contributed by atoms with Crippen molar-refractivity contribution in [1.82, 2.24) is 15.0 Å². The van der Waals surface area contributed by atoms with Crippen molar-refractivity contribution in [2.75, 3.05) is 24.3 Å². The van der Waals surface area contributed by atoms with Gasteiger partial charge in [-0.15, -0.1) is 0 Å². The van der Waals surface area contributed by atoms with Crippen molar-refractivity contribution in [2.45, 2.75) is 0 Å². The van der Waals surface area contributed by atoms with E-state index < -0.39 is 20.0 Å². The van der Waals surface area contributed by atoms with Crippen molar-refractivity contribution < 1.29 is 21.6 Å². The summed E-state index contributed by atoms with van der Waals surface area (Å²) in [6.07, 6.45) is 4.97. The molecule has 0 aliphatic rings. The molecule has 3 N–H and O–H groups in total. The van der Waals surface area contributed by atoms with Crippen LogP contribution in [-0.4, -0.2) is 51.4 Å². The molecule has 0 bridgehead atoms. The molecule has 2 aromatic heterocycles. The molecule has 0 atom stereocenters. The fourth-order valence-electron chi connectivity index (χ4n) is 1.39. The molecular weight excluding hydrogens is 358 g/mol. The van der Waals surface area contributed by atoms with Gasteiger partial charge < -0.3 is 4.74 Å². The minimum absolute atomic E-state index is 0.0839. The number of nitrogens with two attached hydrogens (primary N) is 1. The molecule has 0 saturated carbocycles. The molecule has 2 rings (SSSR count). The van der Waals surface area contributed by atoms with Crippen LogP contribution in [0.1, 0.15) is 0 Å². The van der Waals surface area contributed by atoms with Crippen molar-refractivity contribution >= 4 is 25.9 Å². The number of hydrogen-bond donors (Lipinski definition) is 2. The number of hydrogen-bond acceptors (Lipinski definition) is 8. The largest absolute Gasteiger partial charge is 0.491 e. The van der Waals surface area contributed by atoms with Crippen LogP contribution >= 0.6 is 0 Å². The monoisotopic (exact) mass is 375 g/mol. The van der Waals surface area contributed by atoms with Crippen molar-refractivity contribution in [3.05, 3.63) is 30.6 Å². The van der Waals surface area contributed by atoms with Crippen LogP contribution in [0.15, 0.2) is 30.6 Å². The van der Waals surface area contributed by atoms with Gasteiger partial charge in [0.2, 0.25) is 20.0 Å². The second-order valence-electron chi connectivity index (χ2n) is 4.53. The number of primary sulfonamides is 1. The second kappa shape index (κ2) is 7.99. The lowest BCUT2D eigenvalue weighted by molar-refractivity contribution is 0.413. The number of ether oxygens (including phenoxy) is 1. The van der Waals surface area contributed by atoms with Gasteiger partial charge in [0.1, 0.15) is 5.69 Å². The molecule has 10 nitrogen and oxygen atoms in total. The highest BCUT2D eigenvalue weighted by Crippen LogP contribution is 2.24. The maximum absolute atomic E-state index is 11.3. The quantitative estimate of drug-likeness (QED) is 0.746. The summed E-state index contributed by atoms with van der Waals surface area (Å²) in [5.41, 5.74) is 0.543. The SMILES string of the molecule is COc1cnc(-c2ccccn2)nc1NS(C)(=O)=O.CS(N)(=O)=O. The average Bonchev–Trinajstić information content (AvgIpc) is 2.45. The van der Waals surface area contributed by atoms with Crippen LogP contribution in [0.5, 0.6) is 5.75 Å². The molecule has 0 aromatic carbocycles. The molecule has 12 heteroatoms. The number of nitrogens with zero attached hydrogens (tertiary/aromatic N) is 3. The van der Waals surface area contributed by atoms with Crippen LogP contribution in [0, 0.1) is 0 Å². The van der Waals surface area contributed by atoms with E-state index in [1.165, 1.54) is 13.3 Å². The third kappa shape index (κ3) is 7.80. The molecule has 0 aliphatic carbocycles. The molecule has 0 amide bonds. The van der Waals surface area contributed by atoms with Gasteiger partial charge in [0.05, 0.1) is 25.8 Å². The van der Waals surface area contributed by atoms with Gasteiger partial charge in [-0.2, -0.15) is 0 Å². The molecule has 0 unspecified atom stereocenters. The first-order chi connectivity index (χ1) is 11.0. The first-order valence-electron chi connectivity index (χ1n) is 6.27. The Morgan fingerprint density at radius 1 is 1.12 bits per heavy atom. The van der Waals surface area contributed by atoms with E-state index in [-0.39, 0.29) is 11.6 Å². The Hall–Kier alpha value is -2.31. The predicted octanol–water partition coefficient (Wildman–Crippen LogP) is -0.177. The Bertz CT molecular complexity index is 877. The lowest BCUT2D eigenvalue weighted by atomic mass is 10.3. The summed E-state index contributed by atoms with van der Waals surface area (Å²) in [6, 6.07) is 5.29. The fourth-order valence-corrected chi connectivity index (χ4v) is 1.88. The van der Waals surface area contributed by atoms with E-state index in [9.17, 15) is 16.8 Å². The summed E-state index contributed by atoms with van der Waals surface area (Å²) in [5, 5.41) is 4.33. The van der Waals surface area contributed by atoms with Gasteiger partial charge >= 0.3 is 0 Å². The van der Waals surface area contributed by atoms with Crippen molar-refractivity contribution in [3.63, 3.8) is 0 Å². The van der Waals surface area contributed by atoms with Crippen LogP contribution in [0.25, 0.3) is 11.5 Å². The molecule has 0 fully saturated rings. The molecule has 0 radical (unpaired) electrons. The van der Waals surface area contributed by atoms with Crippen LogP contribution in [-0.2, 0) is 20.0 Å². The molecule has 24 heavy (non-hydrogen) atoms. The summed E-state index contributed by atoms with van der Waals surface area (Å²) < 4.78 is 48.7. The Morgan fingerprint density at radius 2 is 1.75 bits per heavy atom. The highest BCUT2D eigenvalue weighted by Gasteiger charge is 2.13. The lowest BCUT2D eigenvalue weighted by Crippen LogP contribution is -2.12. The summed E-state index contributed by atoms with van der Waals surface area (Å²) in [4.78, 5) is 12.3. The third-order valence-corrected chi connectivity index (χ3v) is 2.72. The van der Waals surface area contributed by atoms with E-state index in [2.05, 4.69) is 24.8 Å². The summed E-state index contributed by atoms with van der Waals surface area (Å²) in [6.45, 7) is 0. The predicted molar refractivity (Wildman–Crippen MR) is 89.3 cm³/mol. The summed E-state index contributed by atoms with van der Waals surface area (Å²) in [7, 11) is -5.21. The zero-order valence-corrected chi connectivity index (χ0v) is 14.8. The second-order valence-corrected chi connectivity index (χ2v) is 7.94.